The van der Waals surface area contributed by atoms with E-state index in [-0.39, 0.29) is 12.5 Å². The Hall–Kier alpha value is -0.310. The summed E-state index contributed by atoms with van der Waals surface area (Å²) < 4.78 is 37.7. The second-order valence-electron chi connectivity index (χ2n) is 10.6. The molecule has 0 fully saturated rings. The fourth-order valence-corrected chi connectivity index (χ4v) is 6.07. The monoisotopic (exact) mass is 573 g/mol. The Morgan fingerprint density at radius 3 is 1.65 bits per heavy atom. The molecule has 0 heterocycles. The summed E-state index contributed by atoms with van der Waals surface area (Å²) in [7, 11) is -9.84. The Kier molecular flexibility index (Phi) is 20.4. The van der Waals surface area contributed by atoms with Crippen LogP contribution >= 0.6 is 15.6 Å². The first-order chi connectivity index (χ1) is 17.3. The standard InChI is InChI=1S/C25H53NO9P2/c1-5-6-7-8-9-10-11-12-13-14-15-16-17-18-19-20-24(27)26-23(2)21-33-37(32,35-36(29,30)31)34-22-25(3,4)28/h23,28H,5-22H2,1-4H3,(H,26,27)(H2,29,30,31). The first-order valence-corrected chi connectivity index (χ1v) is 16.9. The molecule has 0 aliphatic carbocycles. The maximum absolute atomic E-state index is 12.5. The molecule has 0 rings (SSSR count). The third-order valence-electron chi connectivity index (χ3n) is 5.68. The largest absolute Gasteiger partial charge is 0.483 e. The molecule has 37 heavy (non-hydrogen) atoms. The number of aliphatic hydroxyl groups is 1. The van der Waals surface area contributed by atoms with Crippen molar-refractivity contribution in [3.05, 3.63) is 0 Å². The third-order valence-corrected chi connectivity index (χ3v) is 8.24. The predicted molar refractivity (Wildman–Crippen MR) is 146 cm³/mol. The van der Waals surface area contributed by atoms with Gasteiger partial charge in [-0.05, 0) is 27.2 Å². The van der Waals surface area contributed by atoms with E-state index in [1.807, 2.05) is 0 Å². The molecule has 0 spiro atoms. The van der Waals surface area contributed by atoms with Gasteiger partial charge in [-0.15, -0.1) is 0 Å². The molecule has 0 aliphatic rings. The summed E-state index contributed by atoms with van der Waals surface area (Å²) >= 11 is 0. The van der Waals surface area contributed by atoms with Crippen LogP contribution < -0.4 is 5.32 Å². The lowest BCUT2D eigenvalue weighted by atomic mass is 10.0. The van der Waals surface area contributed by atoms with Crippen LogP contribution in [0.25, 0.3) is 0 Å². The molecule has 12 heteroatoms. The Morgan fingerprint density at radius 2 is 1.24 bits per heavy atom. The second-order valence-corrected chi connectivity index (χ2v) is 13.6. The number of phosphoric acid groups is 2. The number of hydrogen-bond acceptors (Lipinski definition) is 7. The van der Waals surface area contributed by atoms with Crippen molar-refractivity contribution in [2.45, 2.75) is 142 Å². The SMILES string of the molecule is CCCCCCCCCCCCCCCCCC(=O)NC(C)COP(=O)(OCC(C)(C)O)OP(=O)(O)O. The first-order valence-electron chi connectivity index (χ1n) is 13.9. The summed E-state index contributed by atoms with van der Waals surface area (Å²) in [6, 6.07) is -0.594. The fraction of sp³-hybridized carbons (Fsp3) is 0.960. The Labute approximate surface area is 224 Å². The van der Waals surface area contributed by atoms with E-state index in [4.69, 9.17) is 18.8 Å². The lowest BCUT2D eigenvalue weighted by molar-refractivity contribution is -0.122. The van der Waals surface area contributed by atoms with Crippen molar-refractivity contribution in [3.63, 3.8) is 0 Å². The zero-order valence-electron chi connectivity index (χ0n) is 23.5. The van der Waals surface area contributed by atoms with Crippen molar-refractivity contribution in [1.82, 2.24) is 5.32 Å². The molecule has 0 aromatic heterocycles. The quantitative estimate of drug-likeness (QED) is 0.0684. The van der Waals surface area contributed by atoms with E-state index < -0.39 is 33.9 Å². The van der Waals surface area contributed by atoms with Gasteiger partial charge >= 0.3 is 15.6 Å². The van der Waals surface area contributed by atoms with Gasteiger partial charge in [0, 0.05) is 12.5 Å². The number of unbranched alkanes of at least 4 members (excludes halogenated alkanes) is 14. The van der Waals surface area contributed by atoms with Gasteiger partial charge in [-0.3, -0.25) is 13.8 Å². The molecule has 0 saturated heterocycles. The lowest BCUT2D eigenvalue weighted by Crippen LogP contribution is -2.35. The highest BCUT2D eigenvalue weighted by Crippen LogP contribution is 2.61. The van der Waals surface area contributed by atoms with E-state index >= 15 is 0 Å². The molecule has 0 bridgehead atoms. The van der Waals surface area contributed by atoms with Crippen molar-refractivity contribution in [1.29, 1.82) is 0 Å². The van der Waals surface area contributed by atoms with Crippen molar-refractivity contribution in [2.75, 3.05) is 13.2 Å². The summed E-state index contributed by atoms with van der Waals surface area (Å²) in [5, 5.41) is 12.4. The van der Waals surface area contributed by atoms with Crippen molar-refractivity contribution in [3.8, 4) is 0 Å². The van der Waals surface area contributed by atoms with Crippen LogP contribution in [-0.2, 0) is 27.3 Å². The molecule has 0 radical (unpaired) electrons. The minimum Gasteiger partial charge on any atom is -0.388 e. The van der Waals surface area contributed by atoms with Gasteiger partial charge in [-0.1, -0.05) is 96.8 Å². The number of rotatable bonds is 25. The number of hydrogen-bond donors (Lipinski definition) is 4. The van der Waals surface area contributed by atoms with E-state index in [0.29, 0.717) is 6.42 Å². The van der Waals surface area contributed by atoms with Crippen LogP contribution in [-0.4, -0.2) is 45.7 Å². The van der Waals surface area contributed by atoms with Crippen LogP contribution in [0.5, 0.6) is 0 Å². The van der Waals surface area contributed by atoms with Crippen LogP contribution in [0.4, 0.5) is 0 Å². The van der Waals surface area contributed by atoms with Crippen LogP contribution in [0.2, 0.25) is 0 Å². The first kappa shape index (κ1) is 36.7. The van der Waals surface area contributed by atoms with Gasteiger partial charge in [0.05, 0.1) is 18.8 Å². The molecule has 222 valence electrons. The van der Waals surface area contributed by atoms with E-state index in [0.717, 1.165) is 19.3 Å². The number of amides is 1. The summed E-state index contributed by atoms with van der Waals surface area (Å²) in [5.41, 5.74) is -1.43. The zero-order valence-corrected chi connectivity index (χ0v) is 25.3. The number of nitrogens with one attached hydrogen (secondary N) is 1. The van der Waals surface area contributed by atoms with E-state index in [1.165, 1.54) is 90.9 Å². The van der Waals surface area contributed by atoms with Crippen LogP contribution in [0.1, 0.15) is 130 Å². The van der Waals surface area contributed by atoms with E-state index in [2.05, 4.69) is 16.6 Å². The molecule has 1 amide bonds. The highest BCUT2D eigenvalue weighted by molar-refractivity contribution is 7.61. The van der Waals surface area contributed by atoms with Crippen LogP contribution in [0, 0.1) is 0 Å². The van der Waals surface area contributed by atoms with Crippen molar-refractivity contribution < 1.29 is 42.2 Å². The molecule has 10 nitrogen and oxygen atoms in total. The number of carbonyl (C=O) groups is 1. The summed E-state index contributed by atoms with van der Waals surface area (Å²) in [4.78, 5) is 30.1. The molecule has 0 aromatic rings. The molecule has 0 saturated carbocycles. The van der Waals surface area contributed by atoms with Gasteiger partial charge in [-0.25, -0.2) is 9.13 Å². The Balaban J connectivity index is 3.91. The van der Waals surface area contributed by atoms with Gasteiger partial charge in [0.1, 0.15) is 0 Å². The summed E-state index contributed by atoms with van der Waals surface area (Å²) in [6.45, 7) is 5.67. The highest BCUT2D eigenvalue weighted by Gasteiger charge is 2.38. The zero-order chi connectivity index (χ0) is 28.2. The topological polar surface area (TPSA) is 152 Å². The third kappa shape index (κ3) is 25.7. The maximum atomic E-state index is 12.5. The van der Waals surface area contributed by atoms with Crippen molar-refractivity contribution in [2.24, 2.45) is 0 Å². The van der Waals surface area contributed by atoms with Gasteiger partial charge in [0.15, 0.2) is 0 Å². The van der Waals surface area contributed by atoms with E-state index in [1.54, 1.807) is 6.92 Å². The number of carbonyl (C=O) groups excluding carboxylic acids is 1. The van der Waals surface area contributed by atoms with Gasteiger partial charge in [-0.2, -0.15) is 4.31 Å². The molecule has 2 atom stereocenters. The maximum Gasteiger partial charge on any atom is 0.483 e. The summed E-state index contributed by atoms with van der Waals surface area (Å²) in [6.07, 6.45) is 19.1. The highest BCUT2D eigenvalue weighted by atomic mass is 31.3. The molecular weight excluding hydrogens is 520 g/mol. The molecular formula is C25H53NO9P2. The average molecular weight is 574 g/mol. The molecule has 0 aromatic carbocycles. The van der Waals surface area contributed by atoms with Crippen molar-refractivity contribution >= 4 is 21.6 Å². The fourth-order valence-electron chi connectivity index (χ4n) is 3.70. The minimum atomic E-state index is -5.18. The minimum absolute atomic E-state index is 0.186. The summed E-state index contributed by atoms with van der Waals surface area (Å²) in [5.74, 6) is -0.186. The molecule has 0 aliphatic heterocycles. The Morgan fingerprint density at radius 1 is 0.811 bits per heavy atom. The normalized spacial score (nSPS) is 14.9. The Bertz CT molecular complexity index is 680. The lowest BCUT2D eigenvalue weighted by Gasteiger charge is -2.24. The molecule has 4 N–H and O–H groups in total. The average Bonchev–Trinajstić information content (AvgIpc) is 2.77. The number of phosphoric ester groups is 1. The van der Waals surface area contributed by atoms with Gasteiger partial charge < -0.3 is 20.2 Å². The molecule has 2 unspecified atom stereocenters. The van der Waals surface area contributed by atoms with Gasteiger partial charge in [0.25, 0.3) is 0 Å². The predicted octanol–water partition coefficient (Wildman–Crippen LogP) is 6.77. The van der Waals surface area contributed by atoms with E-state index in [9.17, 15) is 19.0 Å². The van der Waals surface area contributed by atoms with Crippen LogP contribution in [0.3, 0.4) is 0 Å². The van der Waals surface area contributed by atoms with Crippen LogP contribution in [0.15, 0.2) is 0 Å². The second kappa shape index (κ2) is 20.6. The smallest absolute Gasteiger partial charge is 0.388 e. The van der Waals surface area contributed by atoms with Gasteiger partial charge in [0.2, 0.25) is 5.91 Å².